The molecule has 0 aliphatic rings. The monoisotopic (exact) mass is 374 g/mol. The fraction of sp³-hybridized carbons (Fsp3) is 0.0526. The van der Waals surface area contributed by atoms with Gasteiger partial charge < -0.3 is 13.9 Å². The Kier molecular flexibility index (Phi) is 3.59. The molecule has 0 fully saturated rings. The van der Waals surface area contributed by atoms with E-state index >= 15 is 0 Å². The molecule has 2 aromatic heterocycles. The van der Waals surface area contributed by atoms with Gasteiger partial charge in [0.1, 0.15) is 16.9 Å². The average molecular weight is 374 g/mol. The first-order chi connectivity index (χ1) is 12.7. The molecule has 0 radical (unpaired) electrons. The van der Waals surface area contributed by atoms with Gasteiger partial charge in [0.15, 0.2) is 0 Å². The number of benzene rings is 2. The van der Waals surface area contributed by atoms with Crippen LogP contribution in [0.2, 0.25) is 0 Å². The predicted molar refractivity (Wildman–Crippen MR) is 90.6 cm³/mol. The van der Waals surface area contributed by atoms with Crippen LogP contribution in [0.1, 0.15) is 5.56 Å². The summed E-state index contributed by atoms with van der Waals surface area (Å²) < 4.78 is 50.0. The lowest BCUT2D eigenvalue weighted by molar-refractivity contribution is -0.136. The molecule has 0 aliphatic heterocycles. The number of phenols is 1. The topological polar surface area (TPSA) is 80.6 Å². The zero-order valence-corrected chi connectivity index (χ0v) is 13.3. The molecule has 0 unspecified atom stereocenters. The zero-order chi connectivity index (χ0) is 19.3. The number of phenolic OH excluding ortho intramolecular Hbond substituents is 1. The third-order valence-corrected chi connectivity index (χ3v) is 4.09. The SMILES string of the molecule is O=c1cc(C(F)(F)F)c2cccc(-c3cc4ccc(O)cc4oc3=O)c2o1. The molecular weight excluding hydrogens is 365 g/mol. The first kappa shape index (κ1) is 16.9. The molecule has 0 saturated heterocycles. The number of hydrogen-bond donors (Lipinski definition) is 1. The summed E-state index contributed by atoms with van der Waals surface area (Å²) in [4.78, 5) is 24.0. The van der Waals surface area contributed by atoms with Crippen molar-refractivity contribution in [2.75, 3.05) is 0 Å². The van der Waals surface area contributed by atoms with Gasteiger partial charge in [-0.1, -0.05) is 18.2 Å². The average Bonchev–Trinajstić information content (AvgIpc) is 2.59. The van der Waals surface area contributed by atoms with Gasteiger partial charge in [-0.2, -0.15) is 13.2 Å². The van der Waals surface area contributed by atoms with Crippen LogP contribution in [0.15, 0.2) is 67.0 Å². The lowest BCUT2D eigenvalue weighted by atomic mass is 10.0. The van der Waals surface area contributed by atoms with Gasteiger partial charge in [0, 0.05) is 28.5 Å². The summed E-state index contributed by atoms with van der Waals surface area (Å²) in [6, 6.07) is 9.72. The largest absolute Gasteiger partial charge is 0.508 e. The van der Waals surface area contributed by atoms with Gasteiger partial charge in [0.2, 0.25) is 0 Å². The van der Waals surface area contributed by atoms with E-state index in [4.69, 9.17) is 8.83 Å². The molecule has 0 atom stereocenters. The van der Waals surface area contributed by atoms with Gasteiger partial charge in [0.25, 0.3) is 0 Å². The van der Waals surface area contributed by atoms with Gasteiger partial charge in [-0.15, -0.1) is 0 Å². The van der Waals surface area contributed by atoms with Crippen molar-refractivity contribution in [3.8, 4) is 16.9 Å². The molecule has 5 nitrogen and oxygen atoms in total. The van der Waals surface area contributed by atoms with Crippen molar-refractivity contribution in [2.24, 2.45) is 0 Å². The first-order valence-corrected chi connectivity index (χ1v) is 7.65. The Hall–Kier alpha value is -3.55. The van der Waals surface area contributed by atoms with Crippen LogP contribution in [0.5, 0.6) is 5.75 Å². The fourth-order valence-electron chi connectivity index (χ4n) is 2.92. The third-order valence-electron chi connectivity index (χ3n) is 4.09. The molecule has 8 heteroatoms. The minimum Gasteiger partial charge on any atom is -0.508 e. The van der Waals surface area contributed by atoms with Crippen LogP contribution in [-0.4, -0.2) is 5.11 Å². The van der Waals surface area contributed by atoms with E-state index in [0.717, 1.165) is 6.07 Å². The maximum absolute atomic E-state index is 13.3. The standard InChI is InChI=1S/C19H9F3O5/c20-19(21,22)14-8-16(24)27-17-11(2-1-3-12(14)17)13-6-9-4-5-10(23)7-15(9)26-18(13)25/h1-8,23H. The molecule has 2 heterocycles. The number of hydrogen-bond acceptors (Lipinski definition) is 5. The number of alkyl halides is 3. The maximum atomic E-state index is 13.3. The molecule has 4 aromatic rings. The number of para-hydroxylation sites is 1. The highest BCUT2D eigenvalue weighted by molar-refractivity contribution is 5.95. The van der Waals surface area contributed by atoms with Crippen molar-refractivity contribution in [1.82, 2.24) is 0 Å². The predicted octanol–water partition coefficient (Wildman–Crippen LogP) is 4.29. The van der Waals surface area contributed by atoms with E-state index in [1.807, 2.05) is 0 Å². The Labute approximate surface area is 147 Å². The van der Waals surface area contributed by atoms with Gasteiger partial charge in [-0.3, -0.25) is 0 Å². The van der Waals surface area contributed by atoms with E-state index in [1.54, 1.807) is 0 Å². The molecule has 27 heavy (non-hydrogen) atoms. The van der Waals surface area contributed by atoms with Crippen LogP contribution in [0.4, 0.5) is 13.2 Å². The molecular formula is C19H9F3O5. The molecule has 0 amide bonds. The fourth-order valence-corrected chi connectivity index (χ4v) is 2.92. The van der Waals surface area contributed by atoms with Gasteiger partial charge in [-0.25, -0.2) is 9.59 Å². The highest BCUT2D eigenvalue weighted by atomic mass is 19.4. The van der Waals surface area contributed by atoms with Gasteiger partial charge in [0.05, 0.1) is 11.1 Å². The van der Waals surface area contributed by atoms with Crippen molar-refractivity contribution in [2.45, 2.75) is 6.18 Å². The van der Waals surface area contributed by atoms with Crippen LogP contribution in [0, 0.1) is 0 Å². The second-order valence-electron chi connectivity index (χ2n) is 5.83. The Morgan fingerprint density at radius 1 is 0.889 bits per heavy atom. The summed E-state index contributed by atoms with van der Waals surface area (Å²) in [7, 11) is 0. The van der Waals surface area contributed by atoms with Crippen molar-refractivity contribution < 1.29 is 27.1 Å². The minimum atomic E-state index is -4.77. The molecule has 136 valence electrons. The van der Waals surface area contributed by atoms with Crippen molar-refractivity contribution in [3.05, 3.63) is 74.9 Å². The first-order valence-electron chi connectivity index (χ1n) is 7.65. The van der Waals surface area contributed by atoms with E-state index < -0.39 is 23.0 Å². The third kappa shape index (κ3) is 2.84. The van der Waals surface area contributed by atoms with Gasteiger partial charge >= 0.3 is 17.4 Å². The number of halogens is 3. The zero-order valence-electron chi connectivity index (χ0n) is 13.3. The Morgan fingerprint density at radius 3 is 2.41 bits per heavy atom. The molecule has 0 saturated carbocycles. The van der Waals surface area contributed by atoms with Crippen LogP contribution < -0.4 is 11.3 Å². The highest BCUT2D eigenvalue weighted by Gasteiger charge is 2.34. The molecule has 4 rings (SSSR count). The summed E-state index contributed by atoms with van der Waals surface area (Å²) in [5.41, 5.74) is -3.49. The van der Waals surface area contributed by atoms with E-state index in [1.165, 1.54) is 36.4 Å². The molecule has 0 bridgehead atoms. The van der Waals surface area contributed by atoms with E-state index in [9.17, 15) is 27.9 Å². The molecule has 0 aliphatic carbocycles. The molecule has 2 aromatic carbocycles. The Morgan fingerprint density at radius 2 is 1.67 bits per heavy atom. The van der Waals surface area contributed by atoms with Crippen LogP contribution in [0.3, 0.4) is 0 Å². The highest BCUT2D eigenvalue weighted by Crippen LogP contribution is 2.37. The number of fused-ring (bicyclic) bond motifs is 2. The van der Waals surface area contributed by atoms with Crippen molar-refractivity contribution in [1.29, 1.82) is 0 Å². The normalized spacial score (nSPS) is 12.0. The lowest BCUT2D eigenvalue weighted by Gasteiger charge is -2.11. The summed E-state index contributed by atoms with van der Waals surface area (Å²) in [5.74, 6) is -0.107. The van der Waals surface area contributed by atoms with Crippen LogP contribution >= 0.6 is 0 Å². The second kappa shape index (κ2) is 5.73. The lowest BCUT2D eigenvalue weighted by Crippen LogP contribution is -2.12. The summed E-state index contributed by atoms with van der Waals surface area (Å²) in [6.45, 7) is 0. The van der Waals surface area contributed by atoms with Gasteiger partial charge in [-0.05, 0) is 18.2 Å². The molecule has 0 spiro atoms. The summed E-state index contributed by atoms with van der Waals surface area (Å²) >= 11 is 0. The smallest absolute Gasteiger partial charge is 0.417 e. The summed E-state index contributed by atoms with van der Waals surface area (Å²) in [5, 5.41) is 9.56. The quantitative estimate of drug-likeness (QED) is 0.503. The van der Waals surface area contributed by atoms with Crippen LogP contribution in [-0.2, 0) is 6.18 Å². The number of rotatable bonds is 1. The molecule has 1 N–H and O–H groups in total. The Bertz CT molecular complexity index is 1320. The minimum absolute atomic E-state index is 0.000532. The second-order valence-corrected chi connectivity index (χ2v) is 5.83. The summed E-state index contributed by atoms with van der Waals surface area (Å²) in [6.07, 6.45) is -4.77. The van der Waals surface area contributed by atoms with E-state index in [0.29, 0.717) is 11.5 Å². The van der Waals surface area contributed by atoms with Crippen molar-refractivity contribution in [3.63, 3.8) is 0 Å². The maximum Gasteiger partial charge on any atom is 0.417 e. The van der Waals surface area contributed by atoms with E-state index in [2.05, 4.69) is 0 Å². The van der Waals surface area contributed by atoms with Crippen molar-refractivity contribution >= 4 is 21.9 Å². The Balaban J connectivity index is 2.09. The van der Waals surface area contributed by atoms with Crippen LogP contribution in [0.25, 0.3) is 33.1 Å². The number of aromatic hydroxyl groups is 1. The van der Waals surface area contributed by atoms with E-state index in [-0.39, 0.29) is 33.4 Å².